The largest absolute Gasteiger partial charge is 0.456 e. The van der Waals surface area contributed by atoms with Gasteiger partial charge < -0.3 is 20.2 Å². The second-order valence-electron chi connectivity index (χ2n) is 9.67. The van der Waals surface area contributed by atoms with Gasteiger partial charge in [-0.25, -0.2) is 8.78 Å². The summed E-state index contributed by atoms with van der Waals surface area (Å²) >= 11 is 1.81. The SMILES string of the molecule is CCCCSCc1cc(C(=O)N(Cc2cccc(CC)c2)C[C@@H](O)[C@@H](N)Cc2cc(F)cc(F)c2)oc1C. The summed E-state index contributed by atoms with van der Waals surface area (Å²) in [7, 11) is 0. The molecule has 1 aromatic heterocycles. The molecule has 0 spiro atoms. The lowest BCUT2D eigenvalue weighted by Crippen LogP contribution is -2.46. The first-order chi connectivity index (χ1) is 18.2. The molecule has 2 atom stereocenters. The predicted octanol–water partition coefficient (Wildman–Crippen LogP) is 6.04. The summed E-state index contributed by atoms with van der Waals surface area (Å²) in [6.07, 6.45) is 2.06. The van der Waals surface area contributed by atoms with E-state index in [9.17, 15) is 18.7 Å². The molecule has 206 valence electrons. The molecule has 0 aliphatic heterocycles. The summed E-state index contributed by atoms with van der Waals surface area (Å²) < 4.78 is 33.1. The minimum atomic E-state index is -1.13. The van der Waals surface area contributed by atoms with Gasteiger partial charge in [0.1, 0.15) is 17.4 Å². The highest BCUT2D eigenvalue weighted by molar-refractivity contribution is 7.98. The third-order valence-electron chi connectivity index (χ3n) is 6.49. The Labute approximate surface area is 228 Å². The van der Waals surface area contributed by atoms with Crippen LogP contribution in [0.3, 0.4) is 0 Å². The zero-order chi connectivity index (χ0) is 27.7. The second-order valence-corrected chi connectivity index (χ2v) is 10.8. The van der Waals surface area contributed by atoms with Crippen LogP contribution in [0.1, 0.15) is 65.3 Å². The van der Waals surface area contributed by atoms with Crippen LogP contribution in [0.25, 0.3) is 0 Å². The number of aryl methyl sites for hydroxylation is 2. The third kappa shape index (κ3) is 8.68. The molecule has 0 aliphatic carbocycles. The van der Waals surface area contributed by atoms with Gasteiger partial charge in [-0.3, -0.25) is 4.79 Å². The fourth-order valence-electron chi connectivity index (χ4n) is 4.24. The van der Waals surface area contributed by atoms with Gasteiger partial charge in [0.15, 0.2) is 5.76 Å². The quantitative estimate of drug-likeness (QED) is 0.242. The number of carbonyl (C=O) groups is 1. The van der Waals surface area contributed by atoms with Crippen molar-refractivity contribution in [1.29, 1.82) is 0 Å². The third-order valence-corrected chi connectivity index (χ3v) is 7.58. The van der Waals surface area contributed by atoms with Gasteiger partial charge in [0.2, 0.25) is 0 Å². The van der Waals surface area contributed by atoms with Crippen LogP contribution in [-0.4, -0.2) is 40.4 Å². The average Bonchev–Trinajstić information content (AvgIpc) is 3.25. The topological polar surface area (TPSA) is 79.7 Å². The lowest BCUT2D eigenvalue weighted by atomic mass is 10.0. The number of nitrogens with zero attached hydrogens (tertiary/aromatic N) is 1. The maximum Gasteiger partial charge on any atom is 0.289 e. The minimum absolute atomic E-state index is 0.0577. The molecule has 0 aliphatic rings. The number of hydrogen-bond donors (Lipinski definition) is 2. The van der Waals surface area contributed by atoms with Crippen molar-refractivity contribution in [2.24, 2.45) is 5.73 Å². The highest BCUT2D eigenvalue weighted by Gasteiger charge is 2.26. The summed E-state index contributed by atoms with van der Waals surface area (Å²) in [4.78, 5) is 15.2. The van der Waals surface area contributed by atoms with Crippen molar-refractivity contribution in [3.63, 3.8) is 0 Å². The normalized spacial score (nSPS) is 12.9. The molecule has 1 heterocycles. The molecule has 0 radical (unpaired) electrons. The maximum absolute atomic E-state index is 13.6. The van der Waals surface area contributed by atoms with E-state index in [1.165, 1.54) is 17.0 Å². The highest BCUT2D eigenvalue weighted by Crippen LogP contribution is 2.23. The molecule has 1 amide bonds. The number of halogens is 2. The van der Waals surface area contributed by atoms with Crippen LogP contribution < -0.4 is 5.73 Å². The molecule has 0 unspecified atom stereocenters. The van der Waals surface area contributed by atoms with E-state index < -0.39 is 23.8 Å². The Kier molecular flexibility index (Phi) is 11.4. The fourth-order valence-corrected chi connectivity index (χ4v) is 5.38. The van der Waals surface area contributed by atoms with Crippen molar-refractivity contribution in [2.75, 3.05) is 12.3 Å². The van der Waals surface area contributed by atoms with Crippen molar-refractivity contribution in [1.82, 2.24) is 4.90 Å². The van der Waals surface area contributed by atoms with E-state index in [0.29, 0.717) is 11.3 Å². The first-order valence-electron chi connectivity index (χ1n) is 13.1. The number of unbranched alkanes of at least 4 members (excludes halogenated alkanes) is 1. The van der Waals surface area contributed by atoms with E-state index >= 15 is 0 Å². The molecule has 0 bridgehead atoms. The zero-order valence-electron chi connectivity index (χ0n) is 22.4. The van der Waals surface area contributed by atoms with Crippen molar-refractivity contribution in [3.8, 4) is 0 Å². The number of rotatable bonds is 14. The molecule has 2 aromatic carbocycles. The summed E-state index contributed by atoms with van der Waals surface area (Å²) in [5, 5.41) is 10.9. The molecule has 5 nitrogen and oxygen atoms in total. The van der Waals surface area contributed by atoms with Gasteiger partial charge in [0.05, 0.1) is 6.10 Å². The van der Waals surface area contributed by atoms with E-state index in [4.69, 9.17) is 10.2 Å². The molecular formula is C30H38F2N2O3S. The van der Waals surface area contributed by atoms with Crippen molar-refractivity contribution in [3.05, 3.63) is 93.9 Å². The van der Waals surface area contributed by atoms with Gasteiger partial charge in [-0.05, 0) is 66.8 Å². The number of benzene rings is 2. The summed E-state index contributed by atoms with van der Waals surface area (Å²) in [5.41, 5.74) is 9.61. The predicted molar refractivity (Wildman–Crippen MR) is 149 cm³/mol. The van der Waals surface area contributed by atoms with Gasteiger partial charge in [-0.1, -0.05) is 44.5 Å². The number of carbonyl (C=O) groups excluding carboxylic acids is 1. The van der Waals surface area contributed by atoms with E-state index in [0.717, 1.165) is 53.5 Å². The van der Waals surface area contributed by atoms with Crippen LogP contribution in [0, 0.1) is 18.6 Å². The number of thioether (sulfide) groups is 1. The maximum atomic E-state index is 13.6. The lowest BCUT2D eigenvalue weighted by molar-refractivity contribution is 0.0526. The monoisotopic (exact) mass is 544 g/mol. The number of aliphatic hydroxyl groups is 1. The molecule has 0 saturated heterocycles. The number of amides is 1. The van der Waals surface area contributed by atoms with Gasteiger partial charge in [0, 0.05) is 36.5 Å². The van der Waals surface area contributed by atoms with E-state index in [1.807, 2.05) is 43.0 Å². The van der Waals surface area contributed by atoms with Gasteiger partial charge in [-0.2, -0.15) is 11.8 Å². The van der Waals surface area contributed by atoms with Crippen molar-refractivity contribution >= 4 is 17.7 Å². The lowest BCUT2D eigenvalue weighted by Gasteiger charge is -2.28. The first-order valence-corrected chi connectivity index (χ1v) is 14.3. The van der Waals surface area contributed by atoms with Gasteiger partial charge in [-0.15, -0.1) is 0 Å². The van der Waals surface area contributed by atoms with Crippen molar-refractivity contribution < 1.29 is 23.1 Å². The average molecular weight is 545 g/mol. The van der Waals surface area contributed by atoms with Gasteiger partial charge in [0.25, 0.3) is 5.91 Å². The molecule has 0 fully saturated rings. The van der Waals surface area contributed by atoms with E-state index in [-0.39, 0.29) is 31.2 Å². The Bertz CT molecular complexity index is 1180. The Hall–Kier alpha value is -2.68. The molecule has 0 saturated carbocycles. The highest BCUT2D eigenvalue weighted by atomic mass is 32.2. The fraction of sp³-hybridized carbons (Fsp3) is 0.433. The Morgan fingerprint density at radius 3 is 2.47 bits per heavy atom. The Morgan fingerprint density at radius 1 is 1.08 bits per heavy atom. The van der Waals surface area contributed by atoms with Crippen molar-refractivity contribution in [2.45, 2.75) is 70.9 Å². The molecule has 3 aromatic rings. The Morgan fingerprint density at radius 2 is 1.79 bits per heavy atom. The second kappa shape index (κ2) is 14.5. The van der Waals surface area contributed by atoms with E-state index in [1.54, 1.807) is 6.07 Å². The van der Waals surface area contributed by atoms with Crippen LogP contribution in [0.5, 0.6) is 0 Å². The molecule has 3 N–H and O–H groups in total. The summed E-state index contributed by atoms with van der Waals surface area (Å²) in [6, 6.07) is 12.1. The van der Waals surface area contributed by atoms with Crippen LogP contribution >= 0.6 is 11.8 Å². The molecular weight excluding hydrogens is 506 g/mol. The Balaban J connectivity index is 1.79. The number of nitrogens with two attached hydrogens (primary N) is 1. The van der Waals surface area contributed by atoms with Crippen LogP contribution in [0.2, 0.25) is 0 Å². The minimum Gasteiger partial charge on any atom is -0.456 e. The van der Waals surface area contributed by atoms with Crippen LogP contribution in [-0.2, 0) is 25.1 Å². The number of furan rings is 1. The molecule has 38 heavy (non-hydrogen) atoms. The van der Waals surface area contributed by atoms with E-state index in [2.05, 4.69) is 13.8 Å². The summed E-state index contributed by atoms with van der Waals surface area (Å²) in [6.45, 7) is 6.26. The first kappa shape index (κ1) is 29.9. The van der Waals surface area contributed by atoms with Crippen LogP contribution in [0.15, 0.2) is 52.9 Å². The standard InChI is InChI=1S/C30H38F2N2O3S/c1-4-6-10-38-19-24-15-29(37-20(24)3)30(36)34(17-22-9-7-8-21(5-2)11-22)18-28(35)27(33)14-23-12-25(31)16-26(32)13-23/h7-9,11-13,15-16,27-28,35H,4-6,10,14,17-19,33H2,1-3H3/t27-,28+/m0/s1. The smallest absolute Gasteiger partial charge is 0.289 e. The van der Waals surface area contributed by atoms with Crippen LogP contribution in [0.4, 0.5) is 8.78 Å². The zero-order valence-corrected chi connectivity index (χ0v) is 23.2. The van der Waals surface area contributed by atoms with Gasteiger partial charge >= 0.3 is 0 Å². The molecule has 8 heteroatoms. The number of aliphatic hydroxyl groups excluding tert-OH is 1. The number of hydrogen-bond acceptors (Lipinski definition) is 5. The summed E-state index contributed by atoms with van der Waals surface area (Å²) in [5.74, 6) is 0.978. The molecule has 3 rings (SSSR count).